The zero-order valence-corrected chi connectivity index (χ0v) is 11.5. The molecule has 0 aromatic carbocycles. The molecule has 2 N–H and O–H groups in total. The van der Waals surface area contributed by atoms with Crippen LogP contribution in [0.15, 0.2) is 10.9 Å². The summed E-state index contributed by atoms with van der Waals surface area (Å²) in [6.07, 6.45) is 10.5. The number of hydrogen-bond donors (Lipinski definition) is 2. The lowest BCUT2D eigenvalue weighted by atomic mass is 9.87. The van der Waals surface area contributed by atoms with Gasteiger partial charge >= 0.3 is 0 Å². The third-order valence-corrected chi connectivity index (χ3v) is 4.31. The van der Waals surface area contributed by atoms with E-state index in [2.05, 4.69) is 15.3 Å². The number of H-pyrrole nitrogens is 1. The second-order valence-corrected chi connectivity index (χ2v) is 6.01. The van der Waals surface area contributed by atoms with Gasteiger partial charge in [-0.15, -0.1) is 0 Å². The number of nitrogens with zero attached hydrogens (tertiary/aromatic N) is 1. The summed E-state index contributed by atoms with van der Waals surface area (Å²) in [6, 6.07) is 1.58. The van der Waals surface area contributed by atoms with Crippen LogP contribution in [0.2, 0.25) is 0 Å². The van der Waals surface area contributed by atoms with E-state index in [1.807, 2.05) is 0 Å². The summed E-state index contributed by atoms with van der Waals surface area (Å²) in [4.78, 5) is 18.9. The highest BCUT2D eigenvalue weighted by Gasteiger charge is 2.26. The van der Waals surface area contributed by atoms with Crippen molar-refractivity contribution in [2.45, 2.75) is 57.3 Å². The van der Waals surface area contributed by atoms with Gasteiger partial charge in [0.15, 0.2) is 0 Å². The minimum atomic E-state index is -0.0305. The van der Waals surface area contributed by atoms with Gasteiger partial charge in [0.2, 0.25) is 0 Å². The predicted molar refractivity (Wildman–Crippen MR) is 76.5 cm³/mol. The smallest absolute Gasteiger partial charge is 0.252 e. The van der Waals surface area contributed by atoms with Gasteiger partial charge in [-0.25, -0.2) is 4.98 Å². The van der Waals surface area contributed by atoms with Crippen molar-refractivity contribution in [2.75, 3.05) is 11.9 Å². The predicted octanol–water partition coefficient (Wildman–Crippen LogP) is 3.03. The highest BCUT2D eigenvalue weighted by molar-refractivity contribution is 5.33. The molecule has 2 aliphatic carbocycles. The maximum atomic E-state index is 11.6. The average Bonchev–Trinajstić information content (AvgIpc) is 3.24. The summed E-state index contributed by atoms with van der Waals surface area (Å²) >= 11 is 0. The lowest BCUT2D eigenvalue weighted by molar-refractivity contribution is 0.345. The summed E-state index contributed by atoms with van der Waals surface area (Å²) in [5, 5.41) is 3.32. The van der Waals surface area contributed by atoms with Crippen LogP contribution in [-0.4, -0.2) is 16.5 Å². The lowest BCUT2D eigenvalue weighted by Crippen LogP contribution is -2.16. The zero-order chi connectivity index (χ0) is 13.1. The molecular weight excluding hydrogens is 238 g/mol. The van der Waals surface area contributed by atoms with Crippen molar-refractivity contribution in [3.63, 3.8) is 0 Å². The van der Waals surface area contributed by atoms with Crippen LogP contribution >= 0.6 is 0 Å². The Kier molecular flexibility index (Phi) is 3.85. The largest absolute Gasteiger partial charge is 0.370 e. The van der Waals surface area contributed by atoms with E-state index in [0.29, 0.717) is 5.92 Å². The Morgan fingerprint density at radius 1 is 1.21 bits per heavy atom. The molecule has 2 aliphatic rings. The van der Waals surface area contributed by atoms with Crippen LogP contribution in [0.3, 0.4) is 0 Å². The first-order valence-corrected chi connectivity index (χ1v) is 7.66. The van der Waals surface area contributed by atoms with Crippen LogP contribution < -0.4 is 10.9 Å². The molecule has 0 spiro atoms. The van der Waals surface area contributed by atoms with Crippen molar-refractivity contribution in [1.82, 2.24) is 9.97 Å². The van der Waals surface area contributed by atoms with E-state index in [0.717, 1.165) is 36.9 Å². The van der Waals surface area contributed by atoms with E-state index >= 15 is 0 Å². The molecule has 104 valence electrons. The number of hydrogen-bond acceptors (Lipinski definition) is 3. The number of nitrogens with one attached hydrogen (secondary N) is 2. The second kappa shape index (κ2) is 5.76. The van der Waals surface area contributed by atoms with Gasteiger partial charge in [0.25, 0.3) is 5.56 Å². The lowest BCUT2D eigenvalue weighted by Gasteiger charge is -2.21. The van der Waals surface area contributed by atoms with Crippen molar-refractivity contribution in [1.29, 1.82) is 0 Å². The van der Waals surface area contributed by atoms with E-state index in [9.17, 15) is 4.79 Å². The first kappa shape index (κ1) is 12.7. The van der Waals surface area contributed by atoms with Crippen LogP contribution in [0.5, 0.6) is 0 Å². The minimum absolute atomic E-state index is 0.0305. The molecule has 0 bridgehead atoms. The molecule has 3 rings (SSSR count). The van der Waals surface area contributed by atoms with Gasteiger partial charge in [-0.2, -0.15) is 0 Å². The summed E-state index contributed by atoms with van der Waals surface area (Å²) in [7, 11) is 0. The van der Waals surface area contributed by atoms with Gasteiger partial charge < -0.3 is 10.3 Å². The van der Waals surface area contributed by atoms with Crippen LogP contribution in [0.25, 0.3) is 0 Å². The van der Waals surface area contributed by atoms with E-state index < -0.39 is 0 Å². The molecule has 2 saturated carbocycles. The van der Waals surface area contributed by atoms with Crippen molar-refractivity contribution < 1.29 is 0 Å². The number of aromatic nitrogens is 2. The molecule has 0 amide bonds. The molecule has 1 heterocycles. The molecule has 0 radical (unpaired) electrons. The summed E-state index contributed by atoms with van der Waals surface area (Å²) in [5.41, 5.74) is -0.0305. The van der Waals surface area contributed by atoms with E-state index in [1.54, 1.807) is 6.07 Å². The van der Waals surface area contributed by atoms with E-state index in [4.69, 9.17) is 0 Å². The Bertz CT molecular complexity index is 473. The number of anilines is 1. The fourth-order valence-corrected chi connectivity index (χ4v) is 3.00. The third kappa shape index (κ3) is 3.58. The molecule has 2 fully saturated rings. The summed E-state index contributed by atoms with van der Waals surface area (Å²) in [5.74, 6) is 2.98. The molecule has 0 atom stereocenters. The van der Waals surface area contributed by atoms with Crippen LogP contribution in [0.4, 0.5) is 5.82 Å². The Labute approximate surface area is 114 Å². The minimum Gasteiger partial charge on any atom is -0.370 e. The van der Waals surface area contributed by atoms with Crippen LogP contribution in [0.1, 0.15) is 63.1 Å². The molecule has 0 unspecified atom stereocenters. The number of aromatic amines is 1. The highest BCUT2D eigenvalue weighted by Crippen LogP contribution is 2.37. The molecule has 1 aromatic rings. The molecule has 0 saturated heterocycles. The Morgan fingerprint density at radius 3 is 2.74 bits per heavy atom. The van der Waals surface area contributed by atoms with Crippen LogP contribution in [0, 0.1) is 5.92 Å². The molecule has 19 heavy (non-hydrogen) atoms. The average molecular weight is 261 g/mol. The fraction of sp³-hybridized carbons (Fsp3) is 0.733. The summed E-state index contributed by atoms with van der Waals surface area (Å²) < 4.78 is 0. The van der Waals surface area contributed by atoms with Gasteiger partial charge in [-0.05, 0) is 25.2 Å². The second-order valence-electron chi connectivity index (χ2n) is 6.01. The maximum absolute atomic E-state index is 11.6. The quantitative estimate of drug-likeness (QED) is 0.856. The Hall–Kier alpha value is -1.32. The van der Waals surface area contributed by atoms with E-state index in [-0.39, 0.29) is 5.56 Å². The first-order valence-electron chi connectivity index (χ1n) is 7.66. The molecule has 0 aliphatic heterocycles. The monoisotopic (exact) mass is 261 g/mol. The van der Waals surface area contributed by atoms with Gasteiger partial charge in [0.1, 0.15) is 11.6 Å². The summed E-state index contributed by atoms with van der Waals surface area (Å²) in [6.45, 7) is 0.936. The topological polar surface area (TPSA) is 57.8 Å². The normalized spacial score (nSPS) is 20.4. The molecule has 4 heteroatoms. The van der Waals surface area contributed by atoms with Crippen molar-refractivity contribution in [3.8, 4) is 0 Å². The highest BCUT2D eigenvalue weighted by atomic mass is 16.1. The van der Waals surface area contributed by atoms with Crippen LogP contribution in [-0.2, 0) is 0 Å². The number of rotatable bonds is 5. The van der Waals surface area contributed by atoms with Gasteiger partial charge in [0, 0.05) is 18.5 Å². The SMILES string of the molecule is O=c1cc(NCCC2CCCCC2)nc(C2CC2)[nH]1. The first-order chi connectivity index (χ1) is 9.31. The standard InChI is InChI=1S/C15H23N3O/c19-14-10-13(17-15(18-14)12-6-7-12)16-9-8-11-4-2-1-3-5-11/h10-12H,1-9H2,(H2,16,17,18,19). The fourth-order valence-electron chi connectivity index (χ4n) is 3.00. The zero-order valence-electron chi connectivity index (χ0n) is 11.5. The van der Waals surface area contributed by atoms with Crippen molar-refractivity contribution >= 4 is 5.82 Å². The molecular formula is C15H23N3O. The van der Waals surface area contributed by atoms with E-state index in [1.165, 1.54) is 38.5 Å². The Morgan fingerprint density at radius 2 is 2.00 bits per heavy atom. The Balaban J connectivity index is 1.52. The maximum Gasteiger partial charge on any atom is 0.252 e. The van der Waals surface area contributed by atoms with Gasteiger partial charge in [-0.3, -0.25) is 4.79 Å². The van der Waals surface area contributed by atoms with Gasteiger partial charge in [0.05, 0.1) is 0 Å². The molecule has 4 nitrogen and oxygen atoms in total. The molecule has 1 aromatic heterocycles. The third-order valence-electron chi connectivity index (χ3n) is 4.31. The van der Waals surface area contributed by atoms with Crippen molar-refractivity contribution in [3.05, 3.63) is 22.2 Å². The van der Waals surface area contributed by atoms with Crippen molar-refractivity contribution in [2.24, 2.45) is 5.92 Å². The van der Waals surface area contributed by atoms with Gasteiger partial charge in [-0.1, -0.05) is 32.1 Å².